The predicted molar refractivity (Wildman–Crippen MR) is 71.4 cm³/mol. The fraction of sp³-hybridized carbons (Fsp3) is 0.500. The Morgan fingerprint density at radius 2 is 2.06 bits per heavy atom. The average Bonchev–Trinajstić information content (AvgIpc) is 2.32. The molecule has 5 N–H and O–H groups in total. The van der Waals surface area contributed by atoms with Crippen molar-refractivity contribution in [3.8, 4) is 0 Å². The molecule has 0 heterocycles. The largest absolute Gasteiger partial charge is 0.393 e. The van der Waals surface area contributed by atoms with Crippen LogP contribution in [0.3, 0.4) is 0 Å². The molecule has 0 amide bonds. The van der Waals surface area contributed by atoms with Gasteiger partial charge in [0.15, 0.2) is 0 Å². The van der Waals surface area contributed by atoms with E-state index in [0.29, 0.717) is 0 Å². The lowest BCUT2D eigenvalue weighted by molar-refractivity contribution is -0.383. The smallest absolute Gasteiger partial charge is 0.292 e. The highest BCUT2D eigenvalue weighted by atomic mass is 16.6. The third-order valence-electron chi connectivity index (χ3n) is 3.40. The van der Waals surface area contributed by atoms with Crippen LogP contribution < -0.4 is 16.8 Å². The first kappa shape index (κ1) is 12.6. The number of anilines is 2. The van der Waals surface area contributed by atoms with Crippen molar-refractivity contribution < 1.29 is 4.92 Å². The number of nitrogens with zero attached hydrogens (tertiary/aromatic N) is 1. The van der Waals surface area contributed by atoms with E-state index in [1.54, 1.807) is 12.1 Å². The molecule has 2 rings (SSSR count). The standard InChI is InChI=1S/C12H18N4O2/c13-9-3-1-2-4-11(9)15-8-5-6-12(16(17)18)10(14)7-8/h5-7,9,11,15H,1-4,13-14H2/t9-,11-/m1/s1. The Morgan fingerprint density at radius 3 is 2.67 bits per heavy atom. The maximum absolute atomic E-state index is 10.7. The molecule has 18 heavy (non-hydrogen) atoms. The summed E-state index contributed by atoms with van der Waals surface area (Å²) in [5.41, 5.74) is 12.6. The zero-order valence-corrected chi connectivity index (χ0v) is 10.1. The first-order valence-corrected chi connectivity index (χ1v) is 6.14. The van der Waals surface area contributed by atoms with Gasteiger partial charge in [-0.25, -0.2) is 0 Å². The number of nitrogens with two attached hydrogens (primary N) is 2. The highest BCUT2D eigenvalue weighted by Crippen LogP contribution is 2.27. The second-order valence-corrected chi connectivity index (χ2v) is 4.73. The summed E-state index contributed by atoms with van der Waals surface area (Å²) >= 11 is 0. The maximum Gasteiger partial charge on any atom is 0.292 e. The summed E-state index contributed by atoms with van der Waals surface area (Å²) in [6.07, 6.45) is 4.37. The Balaban J connectivity index is 2.10. The highest BCUT2D eigenvalue weighted by molar-refractivity contribution is 5.66. The summed E-state index contributed by atoms with van der Waals surface area (Å²) < 4.78 is 0. The van der Waals surface area contributed by atoms with E-state index in [1.807, 2.05) is 0 Å². The van der Waals surface area contributed by atoms with Gasteiger partial charge >= 0.3 is 0 Å². The van der Waals surface area contributed by atoms with Gasteiger partial charge < -0.3 is 16.8 Å². The van der Waals surface area contributed by atoms with Crippen molar-refractivity contribution in [3.05, 3.63) is 28.3 Å². The summed E-state index contributed by atoms with van der Waals surface area (Å²) in [4.78, 5) is 10.2. The van der Waals surface area contributed by atoms with Gasteiger partial charge in [-0.05, 0) is 25.0 Å². The lowest BCUT2D eigenvalue weighted by Crippen LogP contribution is -2.42. The average molecular weight is 250 g/mol. The molecule has 0 spiro atoms. The number of benzene rings is 1. The lowest BCUT2D eigenvalue weighted by Gasteiger charge is -2.30. The number of nitrogens with one attached hydrogen (secondary N) is 1. The molecule has 1 aliphatic carbocycles. The van der Waals surface area contributed by atoms with Crippen LogP contribution in [0.1, 0.15) is 25.7 Å². The van der Waals surface area contributed by atoms with E-state index < -0.39 is 4.92 Å². The van der Waals surface area contributed by atoms with Crippen molar-refractivity contribution in [2.75, 3.05) is 11.1 Å². The van der Waals surface area contributed by atoms with Crippen LogP contribution in [0, 0.1) is 10.1 Å². The topological polar surface area (TPSA) is 107 Å². The summed E-state index contributed by atoms with van der Waals surface area (Å²) in [5, 5.41) is 14.0. The Kier molecular flexibility index (Phi) is 3.66. The SMILES string of the molecule is Nc1cc(N[C@@H]2CCCC[C@H]2N)ccc1[N+](=O)[O-]. The quantitative estimate of drug-likeness (QED) is 0.431. The van der Waals surface area contributed by atoms with Crippen molar-refractivity contribution in [2.24, 2.45) is 5.73 Å². The fourth-order valence-electron chi connectivity index (χ4n) is 2.36. The van der Waals surface area contributed by atoms with E-state index in [2.05, 4.69) is 5.32 Å². The molecule has 0 unspecified atom stereocenters. The number of nitro benzene ring substituents is 1. The van der Waals surface area contributed by atoms with E-state index in [9.17, 15) is 10.1 Å². The van der Waals surface area contributed by atoms with Crippen molar-refractivity contribution in [1.82, 2.24) is 0 Å². The lowest BCUT2D eigenvalue weighted by atomic mass is 9.91. The van der Waals surface area contributed by atoms with Gasteiger partial charge in [-0.15, -0.1) is 0 Å². The number of rotatable bonds is 3. The minimum absolute atomic E-state index is 0.0616. The molecule has 1 aromatic carbocycles. The second-order valence-electron chi connectivity index (χ2n) is 4.73. The predicted octanol–water partition coefficient (Wildman–Crippen LogP) is 1.86. The normalized spacial score (nSPS) is 23.6. The Bertz CT molecular complexity index is 450. The van der Waals surface area contributed by atoms with Gasteiger partial charge in [-0.3, -0.25) is 10.1 Å². The van der Waals surface area contributed by atoms with Gasteiger partial charge in [-0.2, -0.15) is 0 Å². The molecular formula is C12H18N4O2. The number of nitro groups is 1. The Hall–Kier alpha value is -1.82. The third-order valence-corrected chi connectivity index (χ3v) is 3.40. The summed E-state index contributed by atoms with van der Waals surface area (Å²) in [7, 11) is 0. The van der Waals surface area contributed by atoms with E-state index >= 15 is 0 Å². The Morgan fingerprint density at radius 1 is 1.33 bits per heavy atom. The fourth-order valence-corrected chi connectivity index (χ4v) is 2.36. The molecule has 2 atom stereocenters. The third kappa shape index (κ3) is 2.70. The Labute approximate surface area is 105 Å². The van der Waals surface area contributed by atoms with Crippen LogP contribution in [-0.4, -0.2) is 17.0 Å². The molecule has 0 radical (unpaired) electrons. The monoisotopic (exact) mass is 250 g/mol. The summed E-state index contributed by atoms with van der Waals surface area (Å²) in [6, 6.07) is 5.05. The molecule has 1 fully saturated rings. The molecule has 1 aliphatic rings. The number of hydrogen-bond acceptors (Lipinski definition) is 5. The van der Waals surface area contributed by atoms with E-state index in [1.165, 1.54) is 12.5 Å². The summed E-state index contributed by atoms with van der Waals surface area (Å²) in [6.45, 7) is 0. The van der Waals surface area contributed by atoms with E-state index in [-0.39, 0.29) is 23.5 Å². The van der Waals surface area contributed by atoms with Crippen molar-refractivity contribution in [2.45, 2.75) is 37.8 Å². The van der Waals surface area contributed by atoms with Crippen LogP contribution in [0.15, 0.2) is 18.2 Å². The molecule has 0 aliphatic heterocycles. The van der Waals surface area contributed by atoms with Gasteiger partial charge in [0.1, 0.15) is 5.69 Å². The molecule has 6 nitrogen and oxygen atoms in total. The van der Waals surface area contributed by atoms with Gasteiger partial charge in [-0.1, -0.05) is 12.8 Å². The molecule has 6 heteroatoms. The van der Waals surface area contributed by atoms with Crippen molar-refractivity contribution in [1.29, 1.82) is 0 Å². The van der Waals surface area contributed by atoms with Crippen LogP contribution in [0.2, 0.25) is 0 Å². The van der Waals surface area contributed by atoms with Crippen LogP contribution in [-0.2, 0) is 0 Å². The number of hydrogen-bond donors (Lipinski definition) is 3. The molecule has 98 valence electrons. The molecule has 1 saturated carbocycles. The van der Waals surface area contributed by atoms with Crippen LogP contribution in [0.4, 0.5) is 17.1 Å². The first-order valence-electron chi connectivity index (χ1n) is 6.14. The minimum atomic E-state index is -0.481. The maximum atomic E-state index is 10.7. The highest BCUT2D eigenvalue weighted by Gasteiger charge is 2.22. The molecular weight excluding hydrogens is 232 g/mol. The second kappa shape index (κ2) is 5.22. The molecule has 0 saturated heterocycles. The zero-order chi connectivity index (χ0) is 13.1. The van der Waals surface area contributed by atoms with Gasteiger partial charge in [0.2, 0.25) is 0 Å². The van der Waals surface area contributed by atoms with Crippen LogP contribution in [0.5, 0.6) is 0 Å². The molecule has 1 aromatic rings. The van der Waals surface area contributed by atoms with Gasteiger partial charge in [0.05, 0.1) is 4.92 Å². The molecule has 0 bridgehead atoms. The summed E-state index contributed by atoms with van der Waals surface area (Å²) in [5.74, 6) is 0. The number of nitrogen functional groups attached to an aromatic ring is 1. The van der Waals surface area contributed by atoms with Crippen molar-refractivity contribution in [3.63, 3.8) is 0 Å². The van der Waals surface area contributed by atoms with Gasteiger partial charge in [0, 0.05) is 23.8 Å². The van der Waals surface area contributed by atoms with Gasteiger partial charge in [0.25, 0.3) is 5.69 Å². The molecule has 0 aromatic heterocycles. The minimum Gasteiger partial charge on any atom is -0.393 e. The van der Waals surface area contributed by atoms with Crippen LogP contribution >= 0.6 is 0 Å². The van der Waals surface area contributed by atoms with Crippen molar-refractivity contribution >= 4 is 17.1 Å². The zero-order valence-electron chi connectivity index (χ0n) is 10.1. The van der Waals surface area contributed by atoms with E-state index in [4.69, 9.17) is 11.5 Å². The first-order chi connectivity index (χ1) is 8.58. The van der Waals surface area contributed by atoms with E-state index in [0.717, 1.165) is 24.9 Å². The van der Waals surface area contributed by atoms with Crippen LogP contribution in [0.25, 0.3) is 0 Å².